The van der Waals surface area contributed by atoms with E-state index in [9.17, 15) is 9.59 Å². The number of fused-ring (bicyclic) bond motifs is 1. The Hall–Kier alpha value is -2.04. The Bertz CT molecular complexity index is 499. The van der Waals surface area contributed by atoms with Crippen LogP contribution in [0.1, 0.15) is 42.2 Å². The van der Waals surface area contributed by atoms with E-state index >= 15 is 0 Å². The maximum atomic E-state index is 11.2. The van der Waals surface area contributed by atoms with Crippen LogP contribution >= 0.6 is 0 Å². The molecule has 2 amide bonds. The molecule has 0 unspecified atom stereocenters. The summed E-state index contributed by atoms with van der Waals surface area (Å²) in [6.45, 7) is 3.55. The lowest BCUT2D eigenvalue weighted by molar-refractivity contribution is -0.119. The molecule has 1 aromatic carbocycles. The SMILES string of the molecule is CC(=O)N[C@H]1C[C@@H](C)Nc2ccc(C(N)=O)cc21. The highest BCUT2D eigenvalue weighted by Gasteiger charge is 2.25. The third-order valence-electron chi connectivity index (χ3n) is 3.08. The summed E-state index contributed by atoms with van der Waals surface area (Å²) in [5.74, 6) is -0.539. The lowest BCUT2D eigenvalue weighted by Crippen LogP contribution is -2.35. The van der Waals surface area contributed by atoms with Crippen molar-refractivity contribution >= 4 is 17.5 Å². The zero-order valence-electron chi connectivity index (χ0n) is 10.5. The molecule has 0 saturated carbocycles. The highest BCUT2D eigenvalue weighted by molar-refractivity contribution is 5.93. The van der Waals surface area contributed by atoms with Crippen LogP contribution in [-0.4, -0.2) is 17.9 Å². The van der Waals surface area contributed by atoms with Gasteiger partial charge in [-0.1, -0.05) is 0 Å². The molecule has 1 aliphatic rings. The number of hydrogen-bond acceptors (Lipinski definition) is 3. The van der Waals surface area contributed by atoms with Gasteiger partial charge in [0.05, 0.1) is 6.04 Å². The van der Waals surface area contributed by atoms with Gasteiger partial charge >= 0.3 is 0 Å². The topological polar surface area (TPSA) is 84.2 Å². The van der Waals surface area contributed by atoms with Gasteiger partial charge in [0, 0.05) is 24.2 Å². The third-order valence-corrected chi connectivity index (χ3v) is 3.08. The molecule has 0 radical (unpaired) electrons. The Morgan fingerprint density at radius 3 is 2.78 bits per heavy atom. The second-order valence-corrected chi connectivity index (χ2v) is 4.70. The standard InChI is InChI=1S/C13H17N3O2/c1-7-5-12(16-8(2)17)10-6-9(13(14)18)3-4-11(10)15-7/h3-4,6-7,12,15H,5H2,1-2H3,(H2,14,18)(H,16,17)/t7-,12+/m1/s1. The predicted octanol–water partition coefficient (Wildman–Crippen LogP) is 1.17. The number of rotatable bonds is 2. The second-order valence-electron chi connectivity index (χ2n) is 4.70. The number of nitrogens with one attached hydrogen (secondary N) is 2. The number of benzene rings is 1. The summed E-state index contributed by atoms with van der Waals surface area (Å²) >= 11 is 0. The molecule has 5 nitrogen and oxygen atoms in total. The molecule has 1 aliphatic heterocycles. The summed E-state index contributed by atoms with van der Waals surface area (Å²) in [5, 5.41) is 6.23. The Morgan fingerprint density at radius 1 is 1.44 bits per heavy atom. The molecule has 0 spiro atoms. The van der Waals surface area contributed by atoms with E-state index in [-0.39, 0.29) is 18.0 Å². The fourth-order valence-electron chi connectivity index (χ4n) is 2.32. The molecule has 0 bridgehead atoms. The van der Waals surface area contributed by atoms with Crippen molar-refractivity contribution in [1.82, 2.24) is 5.32 Å². The number of hydrogen-bond donors (Lipinski definition) is 3. The minimum Gasteiger partial charge on any atom is -0.382 e. The van der Waals surface area contributed by atoms with E-state index in [1.165, 1.54) is 6.92 Å². The molecule has 0 aromatic heterocycles. The monoisotopic (exact) mass is 247 g/mol. The van der Waals surface area contributed by atoms with Gasteiger partial charge in [0.15, 0.2) is 0 Å². The van der Waals surface area contributed by atoms with E-state index < -0.39 is 5.91 Å². The van der Waals surface area contributed by atoms with Gasteiger partial charge in [-0.05, 0) is 37.1 Å². The maximum absolute atomic E-state index is 11.2. The summed E-state index contributed by atoms with van der Waals surface area (Å²) in [5.41, 5.74) is 7.59. The largest absolute Gasteiger partial charge is 0.382 e. The molecule has 4 N–H and O–H groups in total. The fraction of sp³-hybridized carbons (Fsp3) is 0.385. The molecule has 1 aromatic rings. The van der Waals surface area contributed by atoms with Crippen LogP contribution in [0.5, 0.6) is 0 Å². The van der Waals surface area contributed by atoms with Crippen LogP contribution in [0.15, 0.2) is 18.2 Å². The minimum atomic E-state index is -0.460. The van der Waals surface area contributed by atoms with Crippen molar-refractivity contribution in [3.63, 3.8) is 0 Å². The number of carbonyl (C=O) groups excluding carboxylic acids is 2. The normalized spacial score (nSPS) is 21.7. The Morgan fingerprint density at radius 2 is 2.17 bits per heavy atom. The van der Waals surface area contributed by atoms with Crippen LogP contribution < -0.4 is 16.4 Å². The predicted molar refractivity (Wildman–Crippen MR) is 69.2 cm³/mol. The molecule has 5 heteroatoms. The first-order chi connectivity index (χ1) is 8.47. The molecule has 96 valence electrons. The van der Waals surface area contributed by atoms with Crippen LogP contribution in [0.2, 0.25) is 0 Å². The van der Waals surface area contributed by atoms with Gasteiger partial charge in [-0.15, -0.1) is 0 Å². The molecule has 0 fully saturated rings. The van der Waals surface area contributed by atoms with E-state index in [4.69, 9.17) is 5.73 Å². The summed E-state index contributed by atoms with van der Waals surface area (Å²) < 4.78 is 0. The zero-order chi connectivity index (χ0) is 13.3. The van der Waals surface area contributed by atoms with Crippen molar-refractivity contribution in [3.05, 3.63) is 29.3 Å². The number of primary amides is 1. The smallest absolute Gasteiger partial charge is 0.248 e. The average Bonchev–Trinajstić information content (AvgIpc) is 2.27. The summed E-state index contributed by atoms with van der Waals surface area (Å²) in [6, 6.07) is 5.47. The molecule has 0 aliphatic carbocycles. The quantitative estimate of drug-likeness (QED) is 0.733. The van der Waals surface area contributed by atoms with Crippen LogP contribution in [0, 0.1) is 0 Å². The molecule has 2 atom stereocenters. The van der Waals surface area contributed by atoms with E-state index in [2.05, 4.69) is 17.6 Å². The lowest BCUT2D eigenvalue weighted by atomic mass is 9.92. The summed E-state index contributed by atoms with van der Waals surface area (Å²) in [7, 11) is 0. The number of carbonyl (C=O) groups is 2. The lowest BCUT2D eigenvalue weighted by Gasteiger charge is -2.32. The molecular weight excluding hydrogens is 230 g/mol. The van der Waals surface area contributed by atoms with Crippen LogP contribution in [-0.2, 0) is 4.79 Å². The second kappa shape index (κ2) is 4.68. The highest BCUT2D eigenvalue weighted by Crippen LogP contribution is 2.33. The first-order valence-electron chi connectivity index (χ1n) is 5.94. The average molecular weight is 247 g/mol. The minimum absolute atomic E-state index is 0.0759. The van der Waals surface area contributed by atoms with Gasteiger partial charge in [-0.2, -0.15) is 0 Å². The Kier molecular flexibility index (Phi) is 3.23. The van der Waals surface area contributed by atoms with Crippen molar-refractivity contribution in [1.29, 1.82) is 0 Å². The number of nitrogens with two attached hydrogens (primary N) is 1. The summed E-state index contributed by atoms with van der Waals surface area (Å²) in [6.07, 6.45) is 0.787. The van der Waals surface area contributed by atoms with Crippen molar-refractivity contribution < 1.29 is 9.59 Å². The Labute approximate surface area is 106 Å². The first kappa shape index (κ1) is 12.4. The molecular formula is C13H17N3O2. The Balaban J connectivity index is 2.40. The van der Waals surface area contributed by atoms with Gasteiger partial charge in [-0.3, -0.25) is 9.59 Å². The van der Waals surface area contributed by atoms with Crippen molar-refractivity contribution in [2.45, 2.75) is 32.4 Å². The number of amides is 2. The van der Waals surface area contributed by atoms with Gasteiger partial charge in [0.1, 0.15) is 0 Å². The summed E-state index contributed by atoms with van der Waals surface area (Å²) in [4.78, 5) is 22.4. The number of anilines is 1. The van der Waals surface area contributed by atoms with Crippen molar-refractivity contribution in [2.24, 2.45) is 5.73 Å². The van der Waals surface area contributed by atoms with Crippen molar-refractivity contribution in [2.75, 3.05) is 5.32 Å². The fourth-order valence-corrected chi connectivity index (χ4v) is 2.32. The zero-order valence-corrected chi connectivity index (χ0v) is 10.5. The first-order valence-corrected chi connectivity index (χ1v) is 5.94. The molecule has 1 heterocycles. The third kappa shape index (κ3) is 2.45. The van der Waals surface area contributed by atoms with Crippen LogP contribution in [0.25, 0.3) is 0 Å². The van der Waals surface area contributed by atoms with E-state index in [1.54, 1.807) is 12.1 Å². The highest BCUT2D eigenvalue weighted by atomic mass is 16.1. The van der Waals surface area contributed by atoms with Crippen LogP contribution in [0.4, 0.5) is 5.69 Å². The van der Waals surface area contributed by atoms with Crippen LogP contribution in [0.3, 0.4) is 0 Å². The molecule has 0 saturated heterocycles. The molecule has 2 rings (SSSR count). The van der Waals surface area contributed by atoms with Crippen molar-refractivity contribution in [3.8, 4) is 0 Å². The van der Waals surface area contributed by atoms with Gasteiger partial charge in [0.25, 0.3) is 0 Å². The maximum Gasteiger partial charge on any atom is 0.248 e. The van der Waals surface area contributed by atoms with E-state index in [1.807, 2.05) is 6.07 Å². The van der Waals surface area contributed by atoms with E-state index in [0.717, 1.165) is 17.7 Å². The van der Waals surface area contributed by atoms with Gasteiger partial charge in [-0.25, -0.2) is 0 Å². The van der Waals surface area contributed by atoms with Gasteiger partial charge < -0.3 is 16.4 Å². The molecule has 18 heavy (non-hydrogen) atoms. The van der Waals surface area contributed by atoms with E-state index in [0.29, 0.717) is 5.56 Å². The van der Waals surface area contributed by atoms with Gasteiger partial charge in [0.2, 0.25) is 11.8 Å².